The quantitative estimate of drug-likeness (QED) is 0.791. The number of carbonyl (C=O) groups is 1. The van der Waals surface area contributed by atoms with Crippen LogP contribution < -0.4 is 5.56 Å². The summed E-state index contributed by atoms with van der Waals surface area (Å²) in [5.74, 6) is -1.55. The molecular formula is C17H23NO5. The summed E-state index contributed by atoms with van der Waals surface area (Å²) in [7, 11) is 0. The number of nitrogens with zero attached hydrogens (tertiary/aromatic N) is 1. The summed E-state index contributed by atoms with van der Waals surface area (Å²) in [6.45, 7) is 7.42. The van der Waals surface area contributed by atoms with Crippen LogP contribution in [0.2, 0.25) is 0 Å². The molecule has 1 spiro atoms. The van der Waals surface area contributed by atoms with Crippen LogP contribution in [0.3, 0.4) is 0 Å². The van der Waals surface area contributed by atoms with Crippen LogP contribution in [0.25, 0.3) is 0 Å². The summed E-state index contributed by atoms with van der Waals surface area (Å²) in [5, 5.41) is 0. The number of pyridine rings is 1. The zero-order valence-electron chi connectivity index (χ0n) is 13.9. The molecule has 1 fully saturated rings. The minimum atomic E-state index is -0.825. The summed E-state index contributed by atoms with van der Waals surface area (Å²) >= 11 is 0. The van der Waals surface area contributed by atoms with Gasteiger partial charge in [0.05, 0.1) is 31.4 Å². The summed E-state index contributed by atoms with van der Waals surface area (Å²) in [6.07, 6.45) is 1.21. The molecule has 3 heterocycles. The third kappa shape index (κ3) is 2.50. The van der Waals surface area contributed by atoms with Gasteiger partial charge in [0, 0.05) is 18.5 Å². The van der Waals surface area contributed by atoms with E-state index in [2.05, 4.69) is 0 Å². The molecule has 1 unspecified atom stereocenters. The third-order valence-corrected chi connectivity index (χ3v) is 4.75. The molecule has 0 aromatic carbocycles. The van der Waals surface area contributed by atoms with E-state index in [4.69, 9.17) is 14.2 Å². The van der Waals surface area contributed by atoms with Crippen molar-refractivity contribution in [2.45, 2.75) is 51.9 Å². The van der Waals surface area contributed by atoms with Crippen molar-refractivity contribution in [3.05, 3.63) is 33.2 Å². The van der Waals surface area contributed by atoms with Gasteiger partial charge < -0.3 is 18.8 Å². The van der Waals surface area contributed by atoms with Crippen LogP contribution >= 0.6 is 0 Å². The molecule has 1 aromatic rings. The second-order valence-corrected chi connectivity index (χ2v) is 5.98. The van der Waals surface area contributed by atoms with Crippen LogP contribution in [0.5, 0.6) is 0 Å². The lowest BCUT2D eigenvalue weighted by Crippen LogP contribution is -2.30. The maximum absolute atomic E-state index is 12.7. The zero-order chi connectivity index (χ0) is 16.6. The minimum absolute atomic E-state index is 0.0729. The maximum Gasteiger partial charge on any atom is 0.313 e. The van der Waals surface area contributed by atoms with E-state index in [1.165, 1.54) is 0 Å². The van der Waals surface area contributed by atoms with Gasteiger partial charge >= 0.3 is 5.97 Å². The van der Waals surface area contributed by atoms with E-state index < -0.39 is 11.7 Å². The first kappa shape index (κ1) is 16.2. The highest BCUT2D eigenvalue weighted by Gasteiger charge is 2.46. The van der Waals surface area contributed by atoms with Gasteiger partial charge in [-0.3, -0.25) is 9.59 Å². The smallest absolute Gasteiger partial charge is 0.313 e. The lowest BCUT2D eigenvalue weighted by atomic mass is 9.92. The molecule has 6 heteroatoms. The summed E-state index contributed by atoms with van der Waals surface area (Å²) in [6, 6.07) is 1.90. The third-order valence-electron chi connectivity index (χ3n) is 4.75. The Morgan fingerprint density at radius 3 is 2.70 bits per heavy atom. The molecule has 2 aliphatic heterocycles. The number of aromatic nitrogens is 1. The lowest BCUT2D eigenvalue weighted by molar-refractivity contribution is -0.163. The van der Waals surface area contributed by atoms with Gasteiger partial charge in [0.25, 0.3) is 5.56 Å². The predicted octanol–water partition coefficient (Wildman–Crippen LogP) is 1.82. The average molecular weight is 321 g/mol. The largest absolute Gasteiger partial charge is 0.466 e. The summed E-state index contributed by atoms with van der Waals surface area (Å²) in [4.78, 5) is 25.0. The first-order valence-electron chi connectivity index (χ1n) is 8.23. The van der Waals surface area contributed by atoms with Crippen molar-refractivity contribution in [1.82, 2.24) is 4.57 Å². The van der Waals surface area contributed by atoms with E-state index in [1.54, 1.807) is 18.4 Å². The molecule has 0 bridgehead atoms. The Morgan fingerprint density at radius 1 is 1.39 bits per heavy atom. The monoisotopic (exact) mass is 321 g/mol. The number of rotatable bonds is 4. The Morgan fingerprint density at radius 2 is 2.09 bits per heavy atom. The van der Waals surface area contributed by atoms with Crippen molar-refractivity contribution in [3.8, 4) is 0 Å². The molecule has 126 valence electrons. The fourth-order valence-electron chi connectivity index (χ4n) is 3.56. The van der Waals surface area contributed by atoms with Crippen molar-refractivity contribution in [2.75, 3.05) is 19.8 Å². The SMILES string of the molecule is CCOC(=O)C(CC)c1cc2n(c(=O)c1C)CCC21OCCO1. The van der Waals surface area contributed by atoms with E-state index in [0.717, 1.165) is 11.3 Å². The average Bonchev–Trinajstić information content (AvgIpc) is 3.14. The molecule has 0 aliphatic carbocycles. The molecule has 0 N–H and O–H groups in total. The van der Waals surface area contributed by atoms with Gasteiger partial charge in [-0.1, -0.05) is 6.92 Å². The molecule has 23 heavy (non-hydrogen) atoms. The normalized spacial score (nSPS) is 19.8. The number of carbonyl (C=O) groups excluding carboxylic acids is 1. The first-order chi connectivity index (χ1) is 11.0. The molecule has 1 atom stereocenters. The Bertz CT molecular complexity index is 672. The number of fused-ring (bicyclic) bond motifs is 2. The highest BCUT2D eigenvalue weighted by Crippen LogP contribution is 2.40. The van der Waals surface area contributed by atoms with Gasteiger partial charge in [-0.15, -0.1) is 0 Å². The van der Waals surface area contributed by atoms with Crippen molar-refractivity contribution in [2.24, 2.45) is 0 Å². The topological polar surface area (TPSA) is 66.8 Å². The fraction of sp³-hybridized carbons (Fsp3) is 0.647. The number of ether oxygens (including phenoxy) is 3. The standard InChI is InChI=1S/C17H23NO5/c1-4-12(16(20)21-5-2)13-10-14-17(22-8-9-23-17)6-7-18(14)15(19)11(13)3/h10,12H,4-9H2,1-3H3. The molecule has 1 aromatic heterocycles. The fourth-order valence-corrected chi connectivity index (χ4v) is 3.56. The van der Waals surface area contributed by atoms with Gasteiger partial charge in [0.1, 0.15) is 0 Å². The second kappa shape index (κ2) is 6.09. The predicted molar refractivity (Wildman–Crippen MR) is 83.3 cm³/mol. The van der Waals surface area contributed by atoms with Crippen LogP contribution in [0.4, 0.5) is 0 Å². The first-order valence-corrected chi connectivity index (χ1v) is 8.23. The molecule has 0 radical (unpaired) electrons. The Hall–Kier alpha value is -1.66. The van der Waals surface area contributed by atoms with Crippen molar-refractivity contribution in [1.29, 1.82) is 0 Å². The lowest BCUT2D eigenvalue weighted by Gasteiger charge is -2.24. The summed E-state index contributed by atoms with van der Waals surface area (Å²) in [5.41, 5.74) is 1.98. The molecule has 1 saturated heterocycles. The van der Waals surface area contributed by atoms with Gasteiger partial charge in [0.2, 0.25) is 5.79 Å². The van der Waals surface area contributed by atoms with Crippen LogP contribution in [0, 0.1) is 6.92 Å². The van der Waals surface area contributed by atoms with Crippen LogP contribution in [-0.2, 0) is 31.3 Å². The summed E-state index contributed by atoms with van der Waals surface area (Å²) < 4.78 is 18.5. The van der Waals surface area contributed by atoms with Gasteiger partial charge in [-0.25, -0.2) is 0 Å². The number of esters is 1. The molecule has 6 nitrogen and oxygen atoms in total. The zero-order valence-corrected chi connectivity index (χ0v) is 13.9. The highest BCUT2D eigenvalue weighted by molar-refractivity contribution is 5.78. The van der Waals surface area contributed by atoms with E-state index in [-0.39, 0.29) is 11.5 Å². The molecule has 0 saturated carbocycles. The van der Waals surface area contributed by atoms with Gasteiger partial charge in [-0.05, 0) is 31.9 Å². The van der Waals surface area contributed by atoms with Crippen LogP contribution in [0.15, 0.2) is 10.9 Å². The number of hydrogen-bond acceptors (Lipinski definition) is 5. The Kier molecular flexibility index (Phi) is 4.29. The van der Waals surface area contributed by atoms with E-state index in [1.807, 2.05) is 13.0 Å². The molecular weight excluding hydrogens is 298 g/mol. The van der Waals surface area contributed by atoms with Crippen LogP contribution in [-0.4, -0.2) is 30.4 Å². The van der Waals surface area contributed by atoms with Gasteiger partial charge in [-0.2, -0.15) is 0 Å². The molecule has 3 rings (SSSR count). The Balaban J connectivity index is 2.10. The van der Waals surface area contributed by atoms with Crippen LogP contribution in [0.1, 0.15) is 49.4 Å². The molecule has 0 amide bonds. The highest BCUT2D eigenvalue weighted by atomic mass is 16.7. The van der Waals surface area contributed by atoms with Crippen molar-refractivity contribution >= 4 is 5.97 Å². The number of hydrogen-bond donors (Lipinski definition) is 0. The van der Waals surface area contributed by atoms with E-state index in [9.17, 15) is 9.59 Å². The second-order valence-electron chi connectivity index (χ2n) is 5.98. The van der Waals surface area contributed by atoms with Crippen molar-refractivity contribution in [3.63, 3.8) is 0 Å². The minimum Gasteiger partial charge on any atom is -0.466 e. The molecule has 2 aliphatic rings. The van der Waals surface area contributed by atoms with Crippen molar-refractivity contribution < 1.29 is 19.0 Å². The Labute approximate surface area is 135 Å². The van der Waals surface area contributed by atoms with E-state index >= 15 is 0 Å². The maximum atomic E-state index is 12.7. The van der Waals surface area contributed by atoms with Gasteiger partial charge in [0.15, 0.2) is 0 Å². The van der Waals surface area contributed by atoms with E-state index in [0.29, 0.717) is 44.8 Å².